The minimum atomic E-state index is -3.64. The number of likely N-dealkylation sites (N-methyl/N-ethyl adjacent to an activating group) is 2. The van der Waals surface area contributed by atoms with Crippen molar-refractivity contribution in [3.8, 4) is 0 Å². The van der Waals surface area contributed by atoms with Gasteiger partial charge in [-0.3, -0.25) is 4.90 Å². The van der Waals surface area contributed by atoms with Crippen LogP contribution >= 0.6 is 0 Å². The van der Waals surface area contributed by atoms with Gasteiger partial charge in [0.1, 0.15) is 5.82 Å². The summed E-state index contributed by atoms with van der Waals surface area (Å²) in [7, 11) is 0.221. The number of nitrogens with zero attached hydrogens (tertiary/aromatic N) is 3. The molecule has 25 heavy (non-hydrogen) atoms. The topological polar surface area (TPSA) is 43.9 Å². The fourth-order valence-corrected chi connectivity index (χ4v) is 4.86. The van der Waals surface area contributed by atoms with E-state index < -0.39 is 10.0 Å². The Morgan fingerprint density at radius 2 is 2.00 bits per heavy atom. The highest BCUT2D eigenvalue weighted by atomic mass is 32.2. The van der Waals surface area contributed by atoms with Crippen molar-refractivity contribution in [1.29, 1.82) is 0 Å². The van der Waals surface area contributed by atoms with Gasteiger partial charge in [-0.2, -0.15) is 4.31 Å². The molecule has 1 aromatic carbocycles. The van der Waals surface area contributed by atoms with Gasteiger partial charge in [-0.25, -0.2) is 12.8 Å². The van der Waals surface area contributed by atoms with Crippen LogP contribution < -0.4 is 0 Å². The van der Waals surface area contributed by atoms with Gasteiger partial charge in [0.25, 0.3) is 0 Å². The molecule has 1 unspecified atom stereocenters. The molecule has 7 heteroatoms. The van der Waals surface area contributed by atoms with Crippen molar-refractivity contribution in [2.75, 3.05) is 46.8 Å². The van der Waals surface area contributed by atoms with Crippen LogP contribution in [0.1, 0.15) is 25.3 Å². The second kappa shape index (κ2) is 8.58. The van der Waals surface area contributed by atoms with E-state index in [4.69, 9.17) is 0 Å². The monoisotopic (exact) mass is 371 g/mol. The molecule has 1 aromatic rings. The van der Waals surface area contributed by atoms with Gasteiger partial charge in [0.15, 0.2) is 0 Å². The van der Waals surface area contributed by atoms with Gasteiger partial charge in [-0.05, 0) is 70.7 Å². The number of rotatable bonds is 8. The maximum Gasteiger partial charge on any atom is 0.243 e. The van der Waals surface area contributed by atoms with Crippen LogP contribution in [0.4, 0.5) is 4.39 Å². The molecule has 1 saturated heterocycles. The molecule has 0 saturated carbocycles. The summed E-state index contributed by atoms with van der Waals surface area (Å²) in [5, 5.41) is 0. The molecule has 0 radical (unpaired) electrons. The van der Waals surface area contributed by atoms with E-state index in [1.165, 1.54) is 18.2 Å². The van der Waals surface area contributed by atoms with Crippen LogP contribution in [0.2, 0.25) is 0 Å². The van der Waals surface area contributed by atoms with Crippen molar-refractivity contribution in [3.05, 3.63) is 29.6 Å². The normalized spacial score (nSPS) is 19.2. The van der Waals surface area contributed by atoms with E-state index in [-0.39, 0.29) is 16.8 Å². The Hall–Kier alpha value is -1.02. The fraction of sp³-hybridized carbons (Fsp3) is 0.667. The largest absolute Gasteiger partial charge is 0.308 e. The van der Waals surface area contributed by atoms with E-state index in [0.717, 1.165) is 25.9 Å². The average molecular weight is 372 g/mol. The molecule has 142 valence electrons. The molecule has 0 amide bonds. The zero-order valence-electron chi connectivity index (χ0n) is 15.7. The maximum atomic E-state index is 13.5. The molecule has 0 spiro atoms. The van der Waals surface area contributed by atoms with Gasteiger partial charge in [0.05, 0.1) is 4.90 Å². The van der Waals surface area contributed by atoms with Crippen molar-refractivity contribution in [1.82, 2.24) is 14.1 Å². The predicted molar refractivity (Wildman–Crippen MR) is 98.7 cm³/mol. The van der Waals surface area contributed by atoms with Crippen molar-refractivity contribution in [3.63, 3.8) is 0 Å². The lowest BCUT2D eigenvalue weighted by molar-refractivity contribution is 0.220. The molecule has 0 N–H and O–H groups in total. The quantitative estimate of drug-likeness (QED) is 0.703. The summed E-state index contributed by atoms with van der Waals surface area (Å²) in [6, 6.07) is 4.29. The Bertz CT molecular complexity index is 679. The lowest BCUT2D eigenvalue weighted by Gasteiger charge is -2.30. The highest BCUT2D eigenvalue weighted by Crippen LogP contribution is 2.23. The molecule has 5 nitrogen and oxygen atoms in total. The number of benzene rings is 1. The van der Waals surface area contributed by atoms with Crippen molar-refractivity contribution in [2.45, 2.75) is 37.6 Å². The molecular weight excluding hydrogens is 341 g/mol. The summed E-state index contributed by atoms with van der Waals surface area (Å²) in [5.74, 6) is -0.383. The Morgan fingerprint density at radius 3 is 2.60 bits per heavy atom. The molecule has 0 aromatic heterocycles. The maximum absolute atomic E-state index is 13.5. The highest BCUT2D eigenvalue weighted by Gasteiger charge is 2.31. The van der Waals surface area contributed by atoms with Crippen LogP contribution in [-0.2, 0) is 10.0 Å². The lowest BCUT2D eigenvalue weighted by Crippen LogP contribution is -2.45. The minimum Gasteiger partial charge on any atom is -0.308 e. The van der Waals surface area contributed by atoms with Crippen LogP contribution in [0.25, 0.3) is 0 Å². The summed E-state index contributed by atoms with van der Waals surface area (Å²) in [5.41, 5.74) is 0.352. The minimum absolute atomic E-state index is 0.172. The van der Waals surface area contributed by atoms with E-state index >= 15 is 0 Å². The molecule has 1 aliphatic rings. The van der Waals surface area contributed by atoms with Gasteiger partial charge in [-0.1, -0.05) is 6.92 Å². The number of sulfonamides is 1. The third-order valence-electron chi connectivity index (χ3n) is 4.88. The smallest absolute Gasteiger partial charge is 0.243 e. The number of likely N-dealkylation sites (tertiary alicyclic amines) is 1. The molecule has 1 aliphatic heterocycles. The van der Waals surface area contributed by atoms with Crippen LogP contribution in [-0.4, -0.2) is 75.4 Å². The number of aryl methyl sites for hydroxylation is 1. The second-order valence-corrected chi connectivity index (χ2v) is 8.94. The molecule has 1 fully saturated rings. The van der Waals surface area contributed by atoms with E-state index in [0.29, 0.717) is 25.2 Å². The predicted octanol–water partition coefficient (Wildman–Crippen LogP) is 2.17. The average Bonchev–Trinajstić information content (AvgIpc) is 3.00. The molecule has 1 heterocycles. The van der Waals surface area contributed by atoms with Crippen molar-refractivity contribution >= 4 is 10.0 Å². The summed E-state index contributed by atoms with van der Waals surface area (Å²) < 4.78 is 41.4. The summed E-state index contributed by atoms with van der Waals surface area (Å²) in [6.07, 6.45) is 2.13. The highest BCUT2D eigenvalue weighted by molar-refractivity contribution is 7.89. The molecule has 1 atom stereocenters. The van der Waals surface area contributed by atoms with Crippen LogP contribution in [0.5, 0.6) is 0 Å². The molecule has 0 bridgehead atoms. The Morgan fingerprint density at radius 1 is 1.28 bits per heavy atom. The van der Waals surface area contributed by atoms with Gasteiger partial charge in [-0.15, -0.1) is 0 Å². The molecule has 2 rings (SSSR count). The second-order valence-electron chi connectivity index (χ2n) is 7.00. The first-order valence-corrected chi connectivity index (χ1v) is 10.3. The van der Waals surface area contributed by atoms with E-state index in [2.05, 4.69) is 11.8 Å². The Kier molecular flexibility index (Phi) is 6.96. The third-order valence-corrected chi connectivity index (χ3v) is 6.74. The van der Waals surface area contributed by atoms with Crippen molar-refractivity contribution in [2.24, 2.45) is 0 Å². The van der Waals surface area contributed by atoms with Gasteiger partial charge >= 0.3 is 0 Å². The molecular formula is C18H30FN3O2S. The number of halogens is 1. The van der Waals surface area contributed by atoms with Crippen molar-refractivity contribution < 1.29 is 12.8 Å². The standard InChI is InChI=1S/C18H30FN3O2S/c1-5-21-10-6-7-16(21)14-22(12-11-20(3)4)25(23,24)17-8-9-18(19)15(2)13-17/h8-9,13,16H,5-7,10-12,14H2,1-4H3. The van der Waals surface area contributed by atoms with Crippen LogP contribution in [0.15, 0.2) is 23.1 Å². The zero-order valence-corrected chi connectivity index (χ0v) is 16.5. The van der Waals surface area contributed by atoms with Gasteiger partial charge in [0, 0.05) is 25.7 Å². The van der Waals surface area contributed by atoms with E-state index in [9.17, 15) is 12.8 Å². The first-order chi connectivity index (χ1) is 11.8. The summed E-state index contributed by atoms with van der Waals surface area (Å²) >= 11 is 0. The van der Waals surface area contributed by atoms with E-state index in [1.807, 2.05) is 19.0 Å². The first kappa shape index (κ1) is 20.3. The molecule has 0 aliphatic carbocycles. The van der Waals surface area contributed by atoms with Gasteiger partial charge in [0.2, 0.25) is 10.0 Å². The van der Waals surface area contributed by atoms with E-state index in [1.54, 1.807) is 11.2 Å². The van der Waals surface area contributed by atoms with Gasteiger partial charge < -0.3 is 4.90 Å². The Labute approximate surface area is 151 Å². The summed E-state index contributed by atoms with van der Waals surface area (Å²) in [6.45, 7) is 7.23. The summed E-state index contributed by atoms with van der Waals surface area (Å²) in [4.78, 5) is 4.49. The van der Waals surface area contributed by atoms with Crippen LogP contribution in [0, 0.1) is 12.7 Å². The zero-order chi connectivity index (χ0) is 18.6. The SMILES string of the molecule is CCN1CCCC1CN(CCN(C)C)S(=O)(=O)c1ccc(F)c(C)c1. The third kappa shape index (κ3) is 5.00. The Balaban J connectivity index is 2.27. The first-order valence-electron chi connectivity index (χ1n) is 8.90. The number of hydrogen-bond donors (Lipinski definition) is 0. The lowest BCUT2D eigenvalue weighted by atomic mass is 10.2. The van der Waals surface area contributed by atoms with Crippen LogP contribution in [0.3, 0.4) is 0 Å². The fourth-order valence-electron chi connectivity index (χ4n) is 3.30. The number of hydrogen-bond acceptors (Lipinski definition) is 4.